The highest BCUT2D eigenvalue weighted by atomic mass is 15.1. The van der Waals surface area contributed by atoms with Crippen molar-refractivity contribution in [3.05, 3.63) is 236 Å². The van der Waals surface area contributed by atoms with Gasteiger partial charge in [0.05, 0.1) is 5.69 Å². The van der Waals surface area contributed by atoms with Crippen LogP contribution in [0.1, 0.15) is 25.0 Å². The predicted molar refractivity (Wildman–Crippen MR) is 255 cm³/mol. The van der Waals surface area contributed by atoms with Crippen LogP contribution in [0.5, 0.6) is 0 Å². The third kappa shape index (κ3) is 5.93. The van der Waals surface area contributed by atoms with Crippen LogP contribution in [-0.4, -0.2) is 0 Å². The van der Waals surface area contributed by atoms with Gasteiger partial charge in [-0.1, -0.05) is 202 Å². The summed E-state index contributed by atoms with van der Waals surface area (Å²) in [5, 5.41) is 5.06. The summed E-state index contributed by atoms with van der Waals surface area (Å²) < 4.78 is 0. The Morgan fingerprint density at radius 3 is 1.52 bits per heavy atom. The van der Waals surface area contributed by atoms with Crippen LogP contribution < -0.4 is 4.90 Å². The smallest absolute Gasteiger partial charge is 0.0540 e. The largest absolute Gasteiger partial charge is 0.310 e. The first-order chi connectivity index (χ1) is 29.5. The molecule has 0 aliphatic heterocycles. The lowest BCUT2D eigenvalue weighted by molar-refractivity contribution is 0.660. The molecule has 1 nitrogen and oxygen atoms in total. The first kappa shape index (κ1) is 35.7. The summed E-state index contributed by atoms with van der Waals surface area (Å²) in [6.45, 7) is 4.78. The van der Waals surface area contributed by atoms with Gasteiger partial charge in [0, 0.05) is 22.4 Å². The van der Waals surface area contributed by atoms with Crippen LogP contribution in [0.15, 0.2) is 224 Å². The molecule has 0 bridgehead atoms. The highest BCUT2D eigenvalue weighted by molar-refractivity contribution is 6.06. The maximum atomic E-state index is 2.45. The van der Waals surface area contributed by atoms with Crippen LogP contribution in [0.25, 0.3) is 77.2 Å². The van der Waals surface area contributed by atoms with Crippen LogP contribution in [0.2, 0.25) is 0 Å². The Hall–Kier alpha value is -7.48. The summed E-state index contributed by atoms with van der Waals surface area (Å²) >= 11 is 0. The quantitative estimate of drug-likeness (QED) is 0.156. The first-order valence-electron chi connectivity index (χ1n) is 20.9. The summed E-state index contributed by atoms with van der Waals surface area (Å²) in [6, 6.07) is 82.3. The van der Waals surface area contributed by atoms with Crippen molar-refractivity contribution in [2.45, 2.75) is 19.3 Å². The Morgan fingerprint density at radius 2 is 0.800 bits per heavy atom. The van der Waals surface area contributed by atoms with E-state index >= 15 is 0 Å². The van der Waals surface area contributed by atoms with Gasteiger partial charge >= 0.3 is 0 Å². The number of hydrogen-bond donors (Lipinski definition) is 0. The molecule has 0 unspecified atom stereocenters. The van der Waals surface area contributed by atoms with E-state index in [1.165, 1.54) is 88.3 Å². The molecule has 0 radical (unpaired) electrons. The van der Waals surface area contributed by atoms with Gasteiger partial charge < -0.3 is 4.90 Å². The Balaban J connectivity index is 1.04. The molecule has 1 aliphatic rings. The van der Waals surface area contributed by atoms with Gasteiger partial charge in [-0.3, -0.25) is 0 Å². The van der Waals surface area contributed by atoms with E-state index in [0.29, 0.717) is 0 Å². The fourth-order valence-corrected chi connectivity index (χ4v) is 9.70. The molecule has 284 valence electrons. The molecule has 0 heterocycles. The zero-order valence-corrected chi connectivity index (χ0v) is 33.8. The second-order valence-corrected chi connectivity index (χ2v) is 16.5. The number of nitrogens with zero attached hydrogens (tertiary/aromatic N) is 1. The fourth-order valence-electron chi connectivity index (χ4n) is 9.70. The lowest BCUT2D eigenvalue weighted by atomic mass is 9.81. The summed E-state index contributed by atoms with van der Waals surface area (Å²) in [4.78, 5) is 2.45. The number of fused-ring (bicyclic) bond motifs is 5. The monoisotopic (exact) mass is 765 g/mol. The molecular formula is C59H43N. The molecule has 0 fully saturated rings. The normalized spacial score (nSPS) is 12.6. The second-order valence-electron chi connectivity index (χ2n) is 16.5. The van der Waals surface area contributed by atoms with Crippen molar-refractivity contribution in [1.29, 1.82) is 0 Å². The molecule has 0 saturated carbocycles. The fraction of sp³-hybridized carbons (Fsp3) is 0.0508. The highest BCUT2D eigenvalue weighted by Crippen LogP contribution is 2.52. The number of anilines is 3. The summed E-state index contributed by atoms with van der Waals surface area (Å²) in [5.41, 5.74) is 18.3. The zero-order valence-electron chi connectivity index (χ0n) is 33.8. The van der Waals surface area contributed by atoms with E-state index in [9.17, 15) is 0 Å². The van der Waals surface area contributed by atoms with Crippen molar-refractivity contribution in [3.63, 3.8) is 0 Å². The van der Waals surface area contributed by atoms with Crippen molar-refractivity contribution in [3.8, 4) is 55.6 Å². The van der Waals surface area contributed by atoms with Crippen LogP contribution in [0.4, 0.5) is 17.1 Å². The van der Waals surface area contributed by atoms with Gasteiger partial charge in [-0.2, -0.15) is 0 Å². The molecule has 11 rings (SSSR count). The maximum absolute atomic E-state index is 2.45. The number of hydrogen-bond acceptors (Lipinski definition) is 1. The molecule has 0 N–H and O–H groups in total. The maximum Gasteiger partial charge on any atom is 0.0540 e. The van der Waals surface area contributed by atoms with E-state index in [0.717, 1.165) is 17.1 Å². The molecule has 0 aromatic heterocycles. The lowest BCUT2D eigenvalue weighted by Gasteiger charge is -2.30. The molecule has 60 heavy (non-hydrogen) atoms. The average Bonchev–Trinajstić information content (AvgIpc) is 3.54. The predicted octanol–water partition coefficient (Wildman–Crippen LogP) is 16.4. The Kier molecular flexibility index (Phi) is 8.57. The minimum absolute atomic E-state index is 0.208. The topological polar surface area (TPSA) is 3.24 Å². The van der Waals surface area contributed by atoms with E-state index in [4.69, 9.17) is 0 Å². The lowest BCUT2D eigenvalue weighted by Crippen LogP contribution is -2.17. The Morgan fingerprint density at radius 1 is 0.317 bits per heavy atom. The van der Waals surface area contributed by atoms with Crippen molar-refractivity contribution in [2.24, 2.45) is 0 Å². The van der Waals surface area contributed by atoms with E-state index in [1.807, 2.05) is 0 Å². The Bertz CT molecular complexity index is 3200. The van der Waals surface area contributed by atoms with Crippen LogP contribution >= 0.6 is 0 Å². The van der Waals surface area contributed by atoms with E-state index in [1.54, 1.807) is 0 Å². The van der Waals surface area contributed by atoms with Crippen molar-refractivity contribution in [2.75, 3.05) is 4.90 Å². The van der Waals surface area contributed by atoms with Crippen molar-refractivity contribution < 1.29 is 0 Å². The van der Waals surface area contributed by atoms with Crippen LogP contribution in [-0.2, 0) is 5.41 Å². The third-order valence-electron chi connectivity index (χ3n) is 12.7. The first-order valence-corrected chi connectivity index (χ1v) is 20.9. The summed E-state index contributed by atoms with van der Waals surface area (Å²) in [7, 11) is 0. The highest BCUT2D eigenvalue weighted by Gasteiger charge is 2.36. The molecule has 10 aromatic carbocycles. The molecule has 10 aromatic rings. The van der Waals surface area contributed by atoms with E-state index in [-0.39, 0.29) is 5.41 Å². The molecule has 0 spiro atoms. The van der Waals surface area contributed by atoms with Gasteiger partial charge in [0.1, 0.15) is 0 Å². The van der Waals surface area contributed by atoms with Gasteiger partial charge in [-0.05, 0) is 119 Å². The Labute approximate surface area is 352 Å². The van der Waals surface area contributed by atoms with Gasteiger partial charge in [0.25, 0.3) is 0 Å². The van der Waals surface area contributed by atoms with Crippen LogP contribution in [0, 0.1) is 0 Å². The zero-order chi connectivity index (χ0) is 40.2. The SMILES string of the molecule is CC1(C)c2cc(-c3cccc4ccccc34)ccc2-c2ccc(N(c3ccc(-c4cccc5cccc(-c6ccccc6)c45)cc3)c3ccccc3-c3ccccc3)cc21. The summed E-state index contributed by atoms with van der Waals surface area (Å²) in [5.74, 6) is 0. The second kappa shape index (κ2) is 14.4. The molecule has 1 heteroatoms. The molecule has 0 amide bonds. The summed E-state index contributed by atoms with van der Waals surface area (Å²) in [6.07, 6.45) is 0. The van der Waals surface area contributed by atoms with Gasteiger partial charge in [0.2, 0.25) is 0 Å². The van der Waals surface area contributed by atoms with Crippen molar-refractivity contribution in [1.82, 2.24) is 0 Å². The number of para-hydroxylation sites is 1. The van der Waals surface area contributed by atoms with E-state index in [2.05, 4.69) is 243 Å². The van der Waals surface area contributed by atoms with Gasteiger partial charge in [-0.25, -0.2) is 0 Å². The molecule has 0 atom stereocenters. The standard InChI is InChI=1S/C59H43N/c1-59(2)55-38-45(49-26-13-21-40-20-9-10-24-48(40)49)32-36-53(55)54-37-35-47(39-56(54)59)60(57-29-12-11-25-50(57)41-16-5-3-6-17-41)46-33-30-43(31-34-46)52-28-15-23-44-22-14-27-51(58(44)52)42-18-7-4-8-19-42/h3-39H,1-2H3. The molecule has 1 aliphatic carbocycles. The number of rotatable bonds is 7. The molecular weight excluding hydrogens is 723 g/mol. The minimum Gasteiger partial charge on any atom is -0.310 e. The molecule has 0 saturated heterocycles. The van der Waals surface area contributed by atoms with Gasteiger partial charge in [0.15, 0.2) is 0 Å². The van der Waals surface area contributed by atoms with Crippen LogP contribution in [0.3, 0.4) is 0 Å². The van der Waals surface area contributed by atoms with Gasteiger partial charge in [-0.15, -0.1) is 0 Å². The average molecular weight is 766 g/mol. The third-order valence-corrected chi connectivity index (χ3v) is 12.7. The van der Waals surface area contributed by atoms with Crippen molar-refractivity contribution >= 4 is 38.6 Å². The minimum atomic E-state index is -0.208. The van der Waals surface area contributed by atoms with E-state index < -0.39 is 0 Å². The number of benzene rings is 10.